The maximum atomic E-state index is 11.9. The molecule has 24 heavy (non-hydrogen) atoms. The molecule has 2 rings (SSSR count). The number of hydrogen-bond donors (Lipinski definition) is 2. The van der Waals surface area contributed by atoms with Crippen LogP contribution in [0.3, 0.4) is 0 Å². The molecule has 4 nitrogen and oxygen atoms in total. The van der Waals surface area contributed by atoms with Crippen molar-refractivity contribution in [2.24, 2.45) is 0 Å². The standard InChI is InChI=1S/C20H26N2O2/c1-15-7-8-19(16(2)13-15)21-12-10-20(23)22-11-9-17-5-4-6-18(14-17)24-3/h4-8,13-14,21H,9-12H2,1-3H3,(H,22,23). The number of nitrogens with one attached hydrogen (secondary N) is 2. The minimum Gasteiger partial charge on any atom is -0.497 e. The van der Waals surface area contributed by atoms with E-state index in [0.717, 1.165) is 23.4 Å². The second-order valence-corrected chi connectivity index (χ2v) is 5.95. The van der Waals surface area contributed by atoms with Crippen LogP contribution in [-0.4, -0.2) is 26.1 Å². The molecule has 128 valence electrons. The van der Waals surface area contributed by atoms with Gasteiger partial charge in [0.25, 0.3) is 0 Å². The molecule has 0 radical (unpaired) electrons. The quantitative estimate of drug-likeness (QED) is 0.781. The summed E-state index contributed by atoms with van der Waals surface area (Å²) < 4.78 is 5.20. The minimum absolute atomic E-state index is 0.0650. The molecule has 1 amide bonds. The van der Waals surface area contributed by atoms with E-state index in [0.29, 0.717) is 19.5 Å². The van der Waals surface area contributed by atoms with E-state index in [1.54, 1.807) is 7.11 Å². The van der Waals surface area contributed by atoms with Crippen LogP contribution in [0, 0.1) is 13.8 Å². The summed E-state index contributed by atoms with van der Waals surface area (Å²) in [7, 11) is 1.66. The van der Waals surface area contributed by atoms with Crippen LogP contribution in [0.1, 0.15) is 23.1 Å². The van der Waals surface area contributed by atoms with E-state index in [-0.39, 0.29) is 5.91 Å². The Morgan fingerprint density at radius 3 is 2.67 bits per heavy atom. The fourth-order valence-electron chi connectivity index (χ4n) is 2.59. The maximum absolute atomic E-state index is 11.9. The van der Waals surface area contributed by atoms with Gasteiger partial charge in [-0.15, -0.1) is 0 Å². The molecule has 0 bridgehead atoms. The van der Waals surface area contributed by atoms with Crippen molar-refractivity contribution in [1.29, 1.82) is 0 Å². The van der Waals surface area contributed by atoms with Crippen molar-refractivity contribution in [3.63, 3.8) is 0 Å². The molecule has 0 saturated carbocycles. The van der Waals surface area contributed by atoms with Crippen LogP contribution in [0.15, 0.2) is 42.5 Å². The summed E-state index contributed by atoms with van der Waals surface area (Å²) in [6, 6.07) is 14.2. The van der Waals surface area contributed by atoms with Gasteiger partial charge in [-0.2, -0.15) is 0 Å². The van der Waals surface area contributed by atoms with Crippen LogP contribution in [0.5, 0.6) is 5.75 Å². The number of benzene rings is 2. The number of carbonyl (C=O) groups excluding carboxylic acids is 1. The normalized spacial score (nSPS) is 10.3. The van der Waals surface area contributed by atoms with Gasteiger partial charge in [0, 0.05) is 25.2 Å². The van der Waals surface area contributed by atoms with E-state index < -0.39 is 0 Å². The highest BCUT2D eigenvalue weighted by Crippen LogP contribution is 2.15. The number of hydrogen-bond acceptors (Lipinski definition) is 3. The Kier molecular flexibility index (Phi) is 6.67. The van der Waals surface area contributed by atoms with Gasteiger partial charge in [-0.25, -0.2) is 0 Å². The first-order valence-electron chi connectivity index (χ1n) is 8.29. The van der Waals surface area contributed by atoms with Gasteiger partial charge in [0.15, 0.2) is 0 Å². The van der Waals surface area contributed by atoms with E-state index in [4.69, 9.17) is 4.74 Å². The summed E-state index contributed by atoms with van der Waals surface area (Å²) in [6.07, 6.45) is 1.26. The van der Waals surface area contributed by atoms with Gasteiger partial charge in [0.2, 0.25) is 5.91 Å². The summed E-state index contributed by atoms with van der Waals surface area (Å²) in [6.45, 7) is 5.42. The lowest BCUT2D eigenvalue weighted by Gasteiger charge is -2.10. The molecule has 4 heteroatoms. The number of carbonyl (C=O) groups is 1. The summed E-state index contributed by atoms with van der Waals surface area (Å²) in [5, 5.41) is 6.28. The molecule has 2 aromatic rings. The third kappa shape index (κ3) is 5.61. The molecule has 0 aromatic heterocycles. The molecular formula is C20H26N2O2. The highest BCUT2D eigenvalue weighted by Gasteiger charge is 2.03. The van der Waals surface area contributed by atoms with E-state index >= 15 is 0 Å². The Balaban J connectivity index is 1.68. The largest absolute Gasteiger partial charge is 0.497 e. The van der Waals surface area contributed by atoms with Crippen molar-refractivity contribution in [2.45, 2.75) is 26.7 Å². The molecule has 0 unspecified atom stereocenters. The third-order valence-electron chi connectivity index (χ3n) is 3.92. The minimum atomic E-state index is 0.0650. The van der Waals surface area contributed by atoms with Gasteiger partial charge in [-0.3, -0.25) is 4.79 Å². The zero-order chi connectivity index (χ0) is 17.4. The van der Waals surface area contributed by atoms with Crippen molar-refractivity contribution in [2.75, 3.05) is 25.5 Å². The van der Waals surface area contributed by atoms with Gasteiger partial charge < -0.3 is 15.4 Å². The van der Waals surface area contributed by atoms with Crippen molar-refractivity contribution < 1.29 is 9.53 Å². The van der Waals surface area contributed by atoms with Crippen molar-refractivity contribution in [1.82, 2.24) is 5.32 Å². The van der Waals surface area contributed by atoms with Crippen molar-refractivity contribution in [3.8, 4) is 5.75 Å². The number of amides is 1. The maximum Gasteiger partial charge on any atom is 0.221 e. The monoisotopic (exact) mass is 326 g/mol. The van der Waals surface area contributed by atoms with Crippen molar-refractivity contribution in [3.05, 3.63) is 59.2 Å². The van der Waals surface area contributed by atoms with Crippen LogP contribution in [-0.2, 0) is 11.2 Å². The first kappa shape index (κ1) is 17.9. The average molecular weight is 326 g/mol. The Morgan fingerprint density at radius 2 is 1.92 bits per heavy atom. The lowest BCUT2D eigenvalue weighted by atomic mass is 10.1. The van der Waals surface area contributed by atoms with Gasteiger partial charge in [0.1, 0.15) is 5.75 Å². The average Bonchev–Trinajstić information content (AvgIpc) is 2.57. The Bertz CT molecular complexity index is 683. The smallest absolute Gasteiger partial charge is 0.221 e. The summed E-state index contributed by atoms with van der Waals surface area (Å²) in [5.41, 5.74) is 4.69. The van der Waals surface area contributed by atoms with E-state index in [1.807, 2.05) is 24.3 Å². The molecule has 2 N–H and O–H groups in total. The number of rotatable bonds is 8. The molecular weight excluding hydrogens is 300 g/mol. The van der Waals surface area contributed by atoms with E-state index in [1.165, 1.54) is 11.1 Å². The predicted octanol–water partition coefficient (Wildman–Crippen LogP) is 3.47. The zero-order valence-electron chi connectivity index (χ0n) is 14.7. The molecule has 0 fully saturated rings. The van der Waals surface area contributed by atoms with Gasteiger partial charge >= 0.3 is 0 Å². The van der Waals surface area contributed by atoms with Crippen LogP contribution in [0.4, 0.5) is 5.69 Å². The second kappa shape index (κ2) is 8.96. The van der Waals surface area contributed by atoms with Crippen molar-refractivity contribution >= 4 is 11.6 Å². The number of methoxy groups -OCH3 is 1. The summed E-state index contributed by atoms with van der Waals surface area (Å²) >= 11 is 0. The zero-order valence-corrected chi connectivity index (χ0v) is 14.7. The number of aryl methyl sites for hydroxylation is 2. The summed E-state index contributed by atoms with van der Waals surface area (Å²) in [5.74, 6) is 0.909. The molecule has 0 atom stereocenters. The first-order chi connectivity index (χ1) is 11.6. The highest BCUT2D eigenvalue weighted by molar-refractivity contribution is 5.76. The second-order valence-electron chi connectivity index (χ2n) is 5.95. The highest BCUT2D eigenvalue weighted by atomic mass is 16.5. The fourth-order valence-corrected chi connectivity index (χ4v) is 2.59. The van der Waals surface area contributed by atoms with Crippen LogP contribution < -0.4 is 15.4 Å². The van der Waals surface area contributed by atoms with Gasteiger partial charge in [-0.05, 0) is 49.6 Å². The van der Waals surface area contributed by atoms with Crippen LogP contribution in [0.2, 0.25) is 0 Å². The SMILES string of the molecule is COc1cccc(CCNC(=O)CCNc2ccc(C)cc2C)c1. The van der Waals surface area contributed by atoms with Gasteiger partial charge in [0.05, 0.1) is 7.11 Å². The molecule has 0 heterocycles. The third-order valence-corrected chi connectivity index (χ3v) is 3.92. The van der Waals surface area contributed by atoms with E-state index in [9.17, 15) is 4.79 Å². The topological polar surface area (TPSA) is 50.4 Å². The van der Waals surface area contributed by atoms with Gasteiger partial charge in [-0.1, -0.05) is 29.8 Å². The fraction of sp³-hybridized carbons (Fsp3) is 0.350. The predicted molar refractivity (Wildman–Crippen MR) is 98.7 cm³/mol. The molecule has 0 aliphatic carbocycles. The lowest BCUT2D eigenvalue weighted by molar-refractivity contribution is -0.120. The molecule has 0 spiro atoms. The molecule has 2 aromatic carbocycles. The number of ether oxygens (including phenoxy) is 1. The van der Waals surface area contributed by atoms with Crippen LogP contribution >= 0.6 is 0 Å². The number of anilines is 1. The Labute approximate surface area is 144 Å². The summed E-state index contributed by atoms with van der Waals surface area (Å²) in [4.78, 5) is 11.9. The molecule has 0 saturated heterocycles. The Hall–Kier alpha value is -2.49. The lowest BCUT2D eigenvalue weighted by Crippen LogP contribution is -2.27. The molecule has 0 aliphatic heterocycles. The first-order valence-corrected chi connectivity index (χ1v) is 8.29. The van der Waals surface area contributed by atoms with E-state index in [2.05, 4.69) is 42.7 Å². The van der Waals surface area contributed by atoms with Crippen LogP contribution in [0.25, 0.3) is 0 Å². The Morgan fingerprint density at radius 1 is 1.08 bits per heavy atom. The molecule has 0 aliphatic rings.